The van der Waals surface area contributed by atoms with E-state index in [-0.39, 0.29) is 47.0 Å². The molecular formula is C36H45FN6O7S. The molecule has 7 rings (SSSR count). The van der Waals surface area contributed by atoms with Gasteiger partial charge in [-0.2, -0.15) is 0 Å². The van der Waals surface area contributed by atoms with Gasteiger partial charge in [0.1, 0.15) is 17.9 Å². The van der Waals surface area contributed by atoms with Crippen molar-refractivity contribution in [2.45, 2.75) is 68.3 Å². The molecule has 1 amide bonds. The van der Waals surface area contributed by atoms with Gasteiger partial charge in [0.05, 0.1) is 48.6 Å². The van der Waals surface area contributed by atoms with Gasteiger partial charge in [-0.15, -0.1) is 0 Å². The fourth-order valence-corrected chi connectivity index (χ4v) is 9.02. The van der Waals surface area contributed by atoms with E-state index in [4.69, 9.17) is 14.2 Å². The van der Waals surface area contributed by atoms with E-state index in [1.807, 2.05) is 0 Å². The summed E-state index contributed by atoms with van der Waals surface area (Å²) < 4.78 is 60.5. The molecule has 3 aromatic rings. The number of rotatable bonds is 9. The number of nitrogens with one attached hydrogen (secondary N) is 1. The zero-order valence-electron chi connectivity index (χ0n) is 28.9. The maximum Gasteiger partial charge on any atom is 0.260 e. The Hall–Kier alpha value is -3.73. The second-order valence-corrected chi connectivity index (χ2v) is 16.2. The first kappa shape index (κ1) is 35.7. The standard InChI is InChI=1S/C36H45FN6O7S/c1-25-19-48-23-35(2,45)43(25)34(44)30-16-26(37)8-11-31(30)50-32-17-38-24-39-33(32)42-21-36(22-42)12-14-41(15-13-36)18-28-10-9-27(20-49-28)40-51(46,47)29-6-4-3-5-7-29/h3-8,11,16-17,24-25,27-28,40,45H,9-10,12-15,18-23H2,1-2H3/t25-,27-,28+,35+/m1/s1. The summed E-state index contributed by atoms with van der Waals surface area (Å²) in [6.07, 6.45) is 6.63. The molecule has 0 bridgehead atoms. The predicted octanol–water partition coefficient (Wildman–Crippen LogP) is 3.41. The Bertz CT molecular complexity index is 1810. The molecule has 4 aliphatic rings. The number of halogens is 1. The Morgan fingerprint density at radius 1 is 1.10 bits per heavy atom. The summed E-state index contributed by atoms with van der Waals surface area (Å²) in [6.45, 7) is 8.08. The number of benzene rings is 2. The number of sulfonamides is 1. The van der Waals surface area contributed by atoms with Gasteiger partial charge in [0, 0.05) is 31.1 Å². The molecule has 4 fully saturated rings. The van der Waals surface area contributed by atoms with Gasteiger partial charge in [-0.1, -0.05) is 18.2 Å². The third-order valence-corrected chi connectivity index (χ3v) is 12.0. The Labute approximate surface area is 297 Å². The maximum absolute atomic E-state index is 14.5. The molecule has 2 N–H and O–H groups in total. The van der Waals surface area contributed by atoms with Crippen LogP contribution in [0.15, 0.2) is 66.0 Å². The van der Waals surface area contributed by atoms with E-state index >= 15 is 0 Å². The Balaban J connectivity index is 0.925. The molecule has 0 unspecified atom stereocenters. The van der Waals surface area contributed by atoms with Gasteiger partial charge in [0.2, 0.25) is 10.0 Å². The molecule has 15 heteroatoms. The number of piperidine rings is 1. The van der Waals surface area contributed by atoms with Gasteiger partial charge in [0.25, 0.3) is 5.91 Å². The maximum atomic E-state index is 14.5. The third-order valence-electron chi connectivity index (χ3n) is 10.4. The van der Waals surface area contributed by atoms with E-state index in [0.717, 1.165) is 64.5 Å². The number of nitrogens with zero attached hydrogens (tertiary/aromatic N) is 5. The summed E-state index contributed by atoms with van der Waals surface area (Å²) in [5, 5.41) is 10.9. The van der Waals surface area contributed by atoms with Crippen molar-refractivity contribution >= 4 is 21.7 Å². The summed E-state index contributed by atoms with van der Waals surface area (Å²) in [5.41, 5.74) is -1.45. The first-order valence-electron chi connectivity index (χ1n) is 17.5. The number of aliphatic hydroxyl groups is 1. The number of morpholine rings is 1. The minimum absolute atomic E-state index is 0.0165. The Morgan fingerprint density at radius 3 is 2.57 bits per heavy atom. The number of aromatic nitrogens is 2. The highest BCUT2D eigenvalue weighted by atomic mass is 32.2. The molecular weight excluding hydrogens is 679 g/mol. The zero-order chi connectivity index (χ0) is 35.8. The lowest BCUT2D eigenvalue weighted by atomic mass is 9.72. The smallest absolute Gasteiger partial charge is 0.260 e. The van der Waals surface area contributed by atoms with Gasteiger partial charge in [0.15, 0.2) is 17.3 Å². The van der Waals surface area contributed by atoms with Gasteiger partial charge < -0.3 is 34.0 Å². The zero-order valence-corrected chi connectivity index (χ0v) is 29.7. The van der Waals surface area contributed by atoms with Crippen LogP contribution in [0.1, 0.15) is 49.9 Å². The predicted molar refractivity (Wildman–Crippen MR) is 185 cm³/mol. The van der Waals surface area contributed by atoms with E-state index in [1.54, 1.807) is 43.5 Å². The van der Waals surface area contributed by atoms with E-state index in [2.05, 4.69) is 24.5 Å². The first-order chi connectivity index (χ1) is 24.4. The van der Waals surface area contributed by atoms with Crippen molar-refractivity contribution in [3.8, 4) is 11.5 Å². The number of hydrogen-bond donors (Lipinski definition) is 2. The highest BCUT2D eigenvalue weighted by Gasteiger charge is 2.47. The SMILES string of the molecule is C[C@@H]1COC[C@](C)(O)N1C(=O)c1cc(F)ccc1Oc1cncnc1N1CC2(CCN(C[C@@H]3CC[C@@H](NS(=O)(=O)c4ccccc4)CO3)CC2)C1. The first-order valence-corrected chi connectivity index (χ1v) is 19.0. The number of likely N-dealkylation sites (tertiary alicyclic amines) is 1. The third kappa shape index (κ3) is 7.74. The molecule has 5 heterocycles. The summed E-state index contributed by atoms with van der Waals surface area (Å²) in [6, 6.07) is 11.5. The van der Waals surface area contributed by atoms with Crippen molar-refractivity contribution in [3.05, 3.63) is 72.4 Å². The number of carbonyl (C=O) groups is 1. The summed E-state index contributed by atoms with van der Waals surface area (Å²) in [7, 11) is -3.58. The van der Waals surface area contributed by atoms with Crippen molar-refractivity contribution in [1.82, 2.24) is 24.5 Å². The highest BCUT2D eigenvalue weighted by Crippen LogP contribution is 2.45. The second-order valence-electron chi connectivity index (χ2n) is 14.5. The molecule has 4 saturated heterocycles. The average molecular weight is 725 g/mol. The highest BCUT2D eigenvalue weighted by molar-refractivity contribution is 7.89. The lowest BCUT2D eigenvalue weighted by molar-refractivity contribution is -0.177. The van der Waals surface area contributed by atoms with Crippen LogP contribution in [0.25, 0.3) is 0 Å². The monoisotopic (exact) mass is 724 g/mol. The number of anilines is 1. The molecule has 13 nitrogen and oxygen atoms in total. The van der Waals surface area contributed by atoms with E-state index < -0.39 is 33.5 Å². The minimum atomic E-state index is -3.58. The molecule has 0 radical (unpaired) electrons. The molecule has 51 heavy (non-hydrogen) atoms. The van der Waals surface area contributed by atoms with Crippen LogP contribution < -0.4 is 14.4 Å². The van der Waals surface area contributed by atoms with Crippen LogP contribution in [0.5, 0.6) is 11.5 Å². The Morgan fingerprint density at radius 2 is 1.86 bits per heavy atom. The molecule has 4 aliphatic heterocycles. The normalized spacial score (nSPS) is 26.9. The second kappa shape index (κ2) is 14.4. The molecule has 274 valence electrons. The van der Waals surface area contributed by atoms with Gasteiger partial charge in [-0.05, 0) is 83.0 Å². The average Bonchev–Trinajstić information content (AvgIpc) is 3.09. The molecule has 1 spiro atoms. The van der Waals surface area contributed by atoms with Crippen LogP contribution in [-0.2, 0) is 19.5 Å². The summed E-state index contributed by atoms with van der Waals surface area (Å²) in [5.74, 6) is -0.0752. The van der Waals surface area contributed by atoms with E-state index in [1.165, 1.54) is 30.3 Å². The molecule has 1 aromatic heterocycles. The molecule has 0 saturated carbocycles. The number of amides is 1. The van der Waals surface area contributed by atoms with Crippen molar-refractivity contribution in [3.63, 3.8) is 0 Å². The van der Waals surface area contributed by atoms with E-state index in [0.29, 0.717) is 18.2 Å². The van der Waals surface area contributed by atoms with Crippen LogP contribution in [0.2, 0.25) is 0 Å². The summed E-state index contributed by atoms with van der Waals surface area (Å²) in [4.78, 5) is 28.6. The number of ether oxygens (including phenoxy) is 3. The number of carbonyl (C=O) groups excluding carboxylic acids is 1. The lowest BCUT2D eigenvalue weighted by Gasteiger charge is -2.54. The lowest BCUT2D eigenvalue weighted by Crippen LogP contribution is -2.61. The fourth-order valence-electron chi connectivity index (χ4n) is 7.74. The largest absolute Gasteiger partial charge is 0.451 e. The molecule has 4 atom stereocenters. The minimum Gasteiger partial charge on any atom is -0.451 e. The van der Waals surface area contributed by atoms with Crippen LogP contribution in [0.4, 0.5) is 10.2 Å². The van der Waals surface area contributed by atoms with Crippen LogP contribution in [0.3, 0.4) is 0 Å². The van der Waals surface area contributed by atoms with Crippen LogP contribution in [-0.4, -0.2) is 116 Å². The van der Waals surface area contributed by atoms with Gasteiger partial charge >= 0.3 is 0 Å². The van der Waals surface area contributed by atoms with Crippen molar-refractivity contribution < 1.29 is 36.9 Å². The summed E-state index contributed by atoms with van der Waals surface area (Å²) >= 11 is 0. The van der Waals surface area contributed by atoms with Crippen LogP contribution >= 0.6 is 0 Å². The van der Waals surface area contributed by atoms with Crippen molar-refractivity contribution in [2.24, 2.45) is 5.41 Å². The van der Waals surface area contributed by atoms with Crippen LogP contribution in [0, 0.1) is 11.2 Å². The van der Waals surface area contributed by atoms with E-state index in [9.17, 15) is 22.7 Å². The van der Waals surface area contributed by atoms with Gasteiger partial charge in [-0.25, -0.2) is 27.5 Å². The van der Waals surface area contributed by atoms with Gasteiger partial charge in [-0.3, -0.25) is 4.79 Å². The quantitative estimate of drug-likeness (QED) is 0.335. The van der Waals surface area contributed by atoms with Crippen molar-refractivity contribution in [1.29, 1.82) is 0 Å². The molecule has 0 aliphatic carbocycles. The number of hydrogen-bond acceptors (Lipinski definition) is 11. The Kier molecular flexibility index (Phi) is 10.0. The van der Waals surface area contributed by atoms with Crippen molar-refractivity contribution in [2.75, 3.05) is 57.4 Å². The molecule has 2 aromatic carbocycles. The topological polar surface area (TPSA) is 147 Å². The fraction of sp³-hybridized carbons (Fsp3) is 0.528.